The monoisotopic (exact) mass is 353 g/mol. The van der Waals surface area contributed by atoms with Gasteiger partial charge in [0.1, 0.15) is 17.2 Å². The number of rotatable bonds is 2. The van der Waals surface area contributed by atoms with Gasteiger partial charge in [-0.3, -0.25) is 9.36 Å². The molecule has 1 amide bonds. The molecule has 0 fully saturated rings. The van der Waals surface area contributed by atoms with Crippen LogP contribution in [-0.4, -0.2) is 25.5 Å². The Bertz CT molecular complexity index is 1180. The van der Waals surface area contributed by atoms with Gasteiger partial charge in [0.05, 0.1) is 21.5 Å². The number of primary amides is 1. The first-order chi connectivity index (χ1) is 11.9. The van der Waals surface area contributed by atoms with E-state index in [0.29, 0.717) is 27.9 Å². The van der Waals surface area contributed by atoms with Crippen molar-refractivity contribution in [3.8, 4) is 11.4 Å². The lowest BCUT2D eigenvalue weighted by molar-refractivity contribution is 0.100. The number of aromatic hydroxyl groups is 1. The Labute approximate surface area is 146 Å². The lowest BCUT2D eigenvalue weighted by atomic mass is 10.1. The number of aromatic nitrogens is 3. The van der Waals surface area contributed by atoms with Gasteiger partial charge in [0.2, 0.25) is 0 Å². The smallest absolute Gasteiger partial charge is 0.253 e. The predicted molar refractivity (Wildman–Crippen MR) is 98.3 cm³/mol. The van der Waals surface area contributed by atoms with Crippen LogP contribution in [0.5, 0.6) is 5.75 Å². The molecule has 0 atom stereocenters. The molecule has 0 aliphatic heterocycles. The molecule has 0 saturated heterocycles. The van der Waals surface area contributed by atoms with E-state index in [1.807, 2.05) is 13.0 Å². The number of amides is 1. The fourth-order valence-corrected chi connectivity index (χ4v) is 3.82. The number of hydrogen-bond acceptors (Lipinski definition) is 6. The van der Waals surface area contributed by atoms with Crippen molar-refractivity contribution in [3.05, 3.63) is 40.4 Å². The maximum absolute atomic E-state index is 12.0. The summed E-state index contributed by atoms with van der Waals surface area (Å²) in [5, 5.41) is 10.7. The number of benzene rings is 1. The van der Waals surface area contributed by atoms with Crippen LogP contribution in [0.15, 0.2) is 23.7 Å². The zero-order valence-corrected chi connectivity index (χ0v) is 14.4. The third kappa shape index (κ3) is 2.07. The van der Waals surface area contributed by atoms with Crippen molar-refractivity contribution in [2.24, 2.45) is 5.73 Å². The largest absolute Gasteiger partial charge is 0.508 e. The van der Waals surface area contributed by atoms with Crippen LogP contribution < -0.4 is 11.5 Å². The topological polar surface area (TPSA) is 120 Å². The molecule has 126 valence electrons. The van der Waals surface area contributed by atoms with E-state index in [9.17, 15) is 9.90 Å². The summed E-state index contributed by atoms with van der Waals surface area (Å²) in [6, 6.07) is 5.24. The van der Waals surface area contributed by atoms with E-state index in [2.05, 4.69) is 9.97 Å². The number of aryl methyl sites for hydroxylation is 1. The van der Waals surface area contributed by atoms with Gasteiger partial charge in [-0.15, -0.1) is 11.3 Å². The Morgan fingerprint density at radius 3 is 2.80 bits per heavy atom. The zero-order valence-electron chi connectivity index (χ0n) is 13.6. The molecule has 4 rings (SSSR count). The molecule has 3 heterocycles. The number of carbonyl (C=O) groups excluding carboxylic acids is 1. The molecule has 8 heteroatoms. The number of nitrogens with two attached hydrogens (primary N) is 2. The molecule has 0 radical (unpaired) electrons. The van der Waals surface area contributed by atoms with Crippen LogP contribution in [0.3, 0.4) is 0 Å². The van der Waals surface area contributed by atoms with Crippen molar-refractivity contribution in [1.82, 2.24) is 14.5 Å². The predicted octanol–water partition coefficient (Wildman–Crippen LogP) is 2.64. The van der Waals surface area contributed by atoms with Crippen LogP contribution >= 0.6 is 11.3 Å². The number of hydrogen-bond donors (Lipinski definition) is 3. The van der Waals surface area contributed by atoms with Gasteiger partial charge in [0, 0.05) is 10.9 Å². The normalized spacial score (nSPS) is 11.4. The lowest BCUT2D eigenvalue weighted by Gasteiger charge is -2.15. The Morgan fingerprint density at radius 1 is 1.32 bits per heavy atom. The number of pyridine rings is 1. The SMILES string of the molecule is Cc1ccc(O)c(C)c1-n1c(N)c(C(N)=O)c2cc3scnc3nc21. The first-order valence-electron chi connectivity index (χ1n) is 7.53. The molecule has 0 aliphatic rings. The van der Waals surface area contributed by atoms with E-state index in [1.165, 1.54) is 11.3 Å². The van der Waals surface area contributed by atoms with E-state index in [4.69, 9.17) is 11.5 Å². The second kappa shape index (κ2) is 5.18. The second-order valence-electron chi connectivity index (χ2n) is 5.87. The number of nitrogen functional groups attached to an aromatic ring is 1. The summed E-state index contributed by atoms with van der Waals surface area (Å²) in [4.78, 5) is 20.9. The Morgan fingerprint density at radius 2 is 2.08 bits per heavy atom. The summed E-state index contributed by atoms with van der Waals surface area (Å²) in [6.45, 7) is 3.69. The molecule has 0 unspecified atom stereocenters. The van der Waals surface area contributed by atoms with Crippen LogP contribution in [0.25, 0.3) is 27.1 Å². The van der Waals surface area contributed by atoms with Gasteiger partial charge in [0.25, 0.3) is 5.91 Å². The number of fused-ring (bicyclic) bond motifs is 2. The summed E-state index contributed by atoms with van der Waals surface area (Å²) in [7, 11) is 0. The van der Waals surface area contributed by atoms with Crippen molar-refractivity contribution in [3.63, 3.8) is 0 Å². The van der Waals surface area contributed by atoms with Gasteiger partial charge < -0.3 is 16.6 Å². The zero-order chi connectivity index (χ0) is 17.9. The van der Waals surface area contributed by atoms with Gasteiger partial charge in [-0.25, -0.2) is 9.97 Å². The van der Waals surface area contributed by atoms with Crippen molar-refractivity contribution >= 4 is 44.4 Å². The first-order valence-corrected chi connectivity index (χ1v) is 8.41. The summed E-state index contributed by atoms with van der Waals surface area (Å²) in [6.07, 6.45) is 0. The van der Waals surface area contributed by atoms with E-state index < -0.39 is 5.91 Å². The molecule has 4 aromatic rings. The van der Waals surface area contributed by atoms with Crippen molar-refractivity contribution in [2.45, 2.75) is 13.8 Å². The standard InChI is InChI=1S/C17H15N5O2S/c1-7-3-4-10(23)8(2)13(7)22-14(18)12(15(19)24)9-5-11-16(20-6-25-11)21-17(9)22/h3-6,23H,18H2,1-2H3,(H2,19,24). The molecule has 7 nitrogen and oxygen atoms in total. The molecule has 0 bridgehead atoms. The first kappa shape index (κ1) is 15.4. The molecule has 0 spiro atoms. The number of phenolic OH excluding ortho intramolecular Hbond substituents is 1. The maximum Gasteiger partial charge on any atom is 0.253 e. The van der Waals surface area contributed by atoms with Crippen molar-refractivity contribution < 1.29 is 9.90 Å². The van der Waals surface area contributed by atoms with Gasteiger partial charge in [-0.1, -0.05) is 6.07 Å². The maximum atomic E-state index is 12.0. The molecular formula is C17H15N5O2S. The summed E-state index contributed by atoms with van der Waals surface area (Å²) in [5.41, 5.74) is 17.0. The third-order valence-electron chi connectivity index (χ3n) is 4.36. The molecule has 3 aromatic heterocycles. The van der Waals surface area contributed by atoms with E-state index >= 15 is 0 Å². The molecular weight excluding hydrogens is 338 g/mol. The lowest BCUT2D eigenvalue weighted by Crippen LogP contribution is -2.14. The number of phenols is 1. The number of nitrogens with zero attached hydrogens (tertiary/aromatic N) is 3. The van der Waals surface area contributed by atoms with Crippen LogP contribution in [0.4, 0.5) is 5.82 Å². The van der Waals surface area contributed by atoms with Crippen LogP contribution in [-0.2, 0) is 0 Å². The summed E-state index contributed by atoms with van der Waals surface area (Å²) >= 11 is 1.43. The van der Waals surface area contributed by atoms with Crippen molar-refractivity contribution in [2.75, 3.05) is 5.73 Å². The van der Waals surface area contributed by atoms with Gasteiger partial charge in [-0.05, 0) is 31.5 Å². The summed E-state index contributed by atoms with van der Waals surface area (Å²) in [5.74, 6) is -0.288. The quantitative estimate of drug-likeness (QED) is 0.512. The van der Waals surface area contributed by atoms with E-state index in [0.717, 1.165) is 10.3 Å². The molecule has 0 saturated carbocycles. The average Bonchev–Trinajstić information content (AvgIpc) is 3.11. The fraction of sp³-hybridized carbons (Fsp3) is 0.118. The Kier molecular flexibility index (Phi) is 3.19. The Balaban J connectivity index is 2.23. The highest BCUT2D eigenvalue weighted by molar-refractivity contribution is 7.16. The van der Waals surface area contributed by atoms with Gasteiger partial charge in [0.15, 0.2) is 5.65 Å². The molecule has 5 N–H and O–H groups in total. The average molecular weight is 353 g/mol. The minimum Gasteiger partial charge on any atom is -0.508 e. The fourth-order valence-electron chi connectivity index (χ4n) is 3.16. The highest BCUT2D eigenvalue weighted by atomic mass is 32.1. The number of anilines is 1. The minimum absolute atomic E-state index is 0.136. The van der Waals surface area contributed by atoms with Crippen LogP contribution in [0.2, 0.25) is 0 Å². The molecule has 0 aliphatic carbocycles. The molecule has 25 heavy (non-hydrogen) atoms. The van der Waals surface area contributed by atoms with Crippen LogP contribution in [0.1, 0.15) is 21.5 Å². The van der Waals surface area contributed by atoms with Gasteiger partial charge >= 0.3 is 0 Å². The number of carbonyl (C=O) groups is 1. The van der Waals surface area contributed by atoms with Crippen molar-refractivity contribution in [1.29, 1.82) is 0 Å². The highest BCUT2D eigenvalue weighted by Crippen LogP contribution is 2.36. The highest BCUT2D eigenvalue weighted by Gasteiger charge is 2.24. The van der Waals surface area contributed by atoms with E-state index in [-0.39, 0.29) is 17.1 Å². The van der Waals surface area contributed by atoms with E-state index in [1.54, 1.807) is 29.1 Å². The Hall–Kier alpha value is -3.13. The number of thiazole rings is 1. The molecule has 1 aromatic carbocycles. The van der Waals surface area contributed by atoms with Gasteiger partial charge in [-0.2, -0.15) is 0 Å². The third-order valence-corrected chi connectivity index (χ3v) is 5.12. The van der Waals surface area contributed by atoms with Crippen LogP contribution in [0, 0.1) is 13.8 Å². The second-order valence-corrected chi connectivity index (χ2v) is 6.76. The minimum atomic E-state index is -0.623. The summed E-state index contributed by atoms with van der Waals surface area (Å²) < 4.78 is 2.51.